The molecule has 0 saturated heterocycles. The number of nitrogens with two attached hydrogens (primary N) is 1. The Bertz CT molecular complexity index is 1180. The number of benzene rings is 2. The fourth-order valence-corrected chi connectivity index (χ4v) is 3.08. The summed E-state index contributed by atoms with van der Waals surface area (Å²) in [5.41, 5.74) is 9.60. The van der Waals surface area contributed by atoms with Gasteiger partial charge in [0.1, 0.15) is 28.7 Å². The molecule has 0 amide bonds. The van der Waals surface area contributed by atoms with Crippen LogP contribution >= 0.6 is 11.6 Å². The quantitative estimate of drug-likeness (QED) is 0.596. The van der Waals surface area contributed by atoms with Crippen LogP contribution in [0, 0.1) is 11.3 Å². The molecule has 0 aliphatic heterocycles. The highest BCUT2D eigenvalue weighted by Gasteiger charge is 2.20. The number of ether oxygens (including phenoxy) is 1. The third-order valence-corrected chi connectivity index (χ3v) is 4.30. The standard InChI is InChI=1S/C18H12ClN5O/c1-25-15-7-6-10(8-12(15)19)24-17(21)11(9-20)16-18(24)23-14-5-3-2-4-13(14)22-16/h2-8H,21H2,1H3. The summed E-state index contributed by atoms with van der Waals surface area (Å²) in [4.78, 5) is 9.22. The molecule has 0 spiro atoms. The number of fused-ring (bicyclic) bond motifs is 2. The Kier molecular flexibility index (Phi) is 3.45. The van der Waals surface area contributed by atoms with Gasteiger partial charge in [-0.1, -0.05) is 23.7 Å². The summed E-state index contributed by atoms with van der Waals surface area (Å²) in [5, 5.41) is 9.97. The predicted molar refractivity (Wildman–Crippen MR) is 97.1 cm³/mol. The molecule has 4 aromatic rings. The highest BCUT2D eigenvalue weighted by Crippen LogP contribution is 2.33. The Hall–Kier alpha value is -3.30. The second-order valence-electron chi connectivity index (χ2n) is 5.41. The van der Waals surface area contributed by atoms with Gasteiger partial charge in [-0.25, -0.2) is 9.97 Å². The first-order chi connectivity index (χ1) is 12.1. The lowest BCUT2D eigenvalue weighted by atomic mass is 10.2. The van der Waals surface area contributed by atoms with Gasteiger partial charge in [0, 0.05) is 0 Å². The van der Waals surface area contributed by atoms with E-state index in [9.17, 15) is 5.26 Å². The molecule has 2 aromatic heterocycles. The lowest BCUT2D eigenvalue weighted by molar-refractivity contribution is 0.415. The third-order valence-electron chi connectivity index (χ3n) is 4.00. The van der Waals surface area contributed by atoms with Crippen molar-refractivity contribution in [1.82, 2.24) is 14.5 Å². The molecule has 2 aromatic carbocycles. The highest BCUT2D eigenvalue weighted by atomic mass is 35.5. The molecule has 25 heavy (non-hydrogen) atoms. The lowest BCUT2D eigenvalue weighted by Crippen LogP contribution is -2.02. The van der Waals surface area contributed by atoms with E-state index < -0.39 is 0 Å². The minimum atomic E-state index is 0.272. The first-order valence-corrected chi connectivity index (χ1v) is 7.82. The van der Waals surface area contributed by atoms with Crippen LogP contribution < -0.4 is 10.5 Å². The lowest BCUT2D eigenvalue weighted by Gasteiger charge is -2.10. The Morgan fingerprint density at radius 3 is 2.52 bits per heavy atom. The van der Waals surface area contributed by atoms with E-state index in [-0.39, 0.29) is 5.82 Å². The SMILES string of the molecule is COc1ccc(-n2c(N)c(C#N)c3nc4ccccc4nc32)cc1Cl. The van der Waals surface area contributed by atoms with Crippen molar-refractivity contribution >= 4 is 39.6 Å². The van der Waals surface area contributed by atoms with E-state index >= 15 is 0 Å². The number of methoxy groups -OCH3 is 1. The van der Waals surface area contributed by atoms with Crippen LogP contribution in [0.1, 0.15) is 5.56 Å². The zero-order valence-electron chi connectivity index (χ0n) is 13.2. The summed E-state index contributed by atoms with van der Waals surface area (Å²) in [6.45, 7) is 0. The molecule has 0 atom stereocenters. The van der Waals surface area contributed by atoms with Crippen molar-refractivity contribution in [1.29, 1.82) is 5.26 Å². The minimum absolute atomic E-state index is 0.272. The maximum Gasteiger partial charge on any atom is 0.167 e. The molecule has 2 N–H and O–H groups in total. The fraction of sp³-hybridized carbons (Fsp3) is 0.0556. The summed E-state index contributed by atoms with van der Waals surface area (Å²) in [7, 11) is 1.55. The summed E-state index contributed by atoms with van der Waals surface area (Å²) in [5.74, 6) is 0.825. The average molecular weight is 350 g/mol. The van der Waals surface area contributed by atoms with Gasteiger partial charge in [0.15, 0.2) is 5.65 Å². The zero-order valence-corrected chi connectivity index (χ0v) is 13.9. The van der Waals surface area contributed by atoms with E-state index in [2.05, 4.69) is 16.0 Å². The van der Waals surface area contributed by atoms with Crippen LogP contribution in [0.25, 0.3) is 27.9 Å². The number of hydrogen-bond donors (Lipinski definition) is 1. The number of halogens is 1. The number of nitrogens with zero attached hydrogens (tertiary/aromatic N) is 4. The number of hydrogen-bond acceptors (Lipinski definition) is 5. The van der Waals surface area contributed by atoms with Crippen LogP contribution in [0.15, 0.2) is 42.5 Å². The summed E-state index contributed by atoms with van der Waals surface area (Å²) < 4.78 is 6.86. The van der Waals surface area contributed by atoms with E-state index in [4.69, 9.17) is 22.1 Å². The first kappa shape index (κ1) is 15.2. The molecule has 0 unspecified atom stereocenters. The zero-order chi connectivity index (χ0) is 17.6. The van der Waals surface area contributed by atoms with Crippen molar-refractivity contribution in [2.45, 2.75) is 0 Å². The number of para-hydroxylation sites is 2. The second-order valence-corrected chi connectivity index (χ2v) is 5.82. The van der Waals surface area contributed by atoms with Crippen molar-refractivity contribution in [3.63, 3.8) is 0 Å². The van der Waals surface area contributed by atoms with Gasteiger partial charge < -0.3 is 10.5 Å². The smallest absolute Gasteiger partial charge is 0.167 e. The van der Waals surface area contributed by atoms with Crippen LogP contribution in [-0.2, 0) is 0 Å². The Morgan fingerprint density at radius 1 is 1.16 bits per heavy atom. The Morgan fingerprint density at radius 2 is 1.88 bits per heavy atom. The molecule has 2 heterocycles. The monoisotopic (exact) mass is 349 g/mol. The van der Waals surface area contributed by atoms with E-state index in [1.807, 2.05) is 24.3 Å². The van der Waals surface area contributed by atoms with Crippen molar-refractivity contribution < 1.29 is 4.74 Å². The molecule has 0 aliphatic carbocycles. The number of nitrogen functional groups attached to an aromatic ring is 1. The maximum atomic E-state index is 9.53. The highest BCUT2D eigenvalue weighted by molar-refractivity contribution is 6.32. The van der Waals surface area contributed by atoms with Crippen LogP contribution in [-0.4, -0.2) is 21.6 Å². The third kappa shape index (κ3) is 2.25. The van der Waals surface area contributed by atoms with Gasteiger partial charge in [0.2, 0.25) is 0 Å². The first-order valence-electron chi connectivity index (χ1n) is 7.44. The van der Waals surface area contributed by atoms with Gasteiger partial charge in [-0.3, -0.25) is 4.57 Å². The van der Waals surface area contributed by atoms with E-state index in [0.29, 0.717) is 38.7 Å². The Labute approximate surface area is 148 Å². The molecule has 0 radical (unpaired) electrons. The molecule has 0 saturated carbocycles. The van der Waals surface area contributed by atoms with Gasteiger partial charge >= 0.3 is 0 Å². The fourth-order valence-electron chi connectivity index (χ4n) is 2.83. The number of anilines is 1. The van der Waals surface area contributed by atoms with Crippen molar-refractivity contribution in [3.05, 3.63) is 53.1 Å². The van der Waals surface area contributed by atoms with Crippen LogP contribution in [0.5, 0.6) is 5.75 Å². The molecule has 6 nitrogen and oxygen atoms in total. The molecule has 4 rings (SSSR count). The number of aromatic nitrogens is 3. The van der Waals surface area contributed by atoms with Crippen LogP contribution in [0.2, 0.25) is 5.02 Å². The Balaban J connectivity index is 2.09. The minimum Gasteiger partial charge on any atom is -0.495 e. The molecule has 0 fully saturated rings. The van der Waals surface area contributed by atoms with E-state index in [1.165, 1.54) is 0 Å². The molecule has 122 valence electrons. The topological polar surface area (TPSA) is 89.8 Å². The molecular formula is C18H12ClN5O. The second kappa shape index (κ2) is 5.65. The molecule has 0 aliphatic rings. The van der Waals surface area contributed by atoms with Crippen molar-refractivity contribution in [2.24, 2.45) is 0 Å². The van der Waals surface area contributed by atoms with Crippen LogP contribution in [0.4, 0.5) is 5.82 Å². The van der Waals surface area contributed by atoms with Crippen molar-refractivity contribution in [3.8, 4) is 17.5 Å². The van der Waals surface area contributed by atoms with E-state index in [0.717, 1.165) is 5.52 Å². The van der Waals surface area contributed by atoms with Gasteiger partial charge in [0.05, 0.1) is 28.9 Å². The molecular weight excluding hydrogens is 338 g/mol. The predicted octanol–water partition coefficient (Wildman–Crippen LogP) is 3.69. The molecule has 0 bridgehead atoms. The number of rotatable bonds is 2. The largest absolute Gasteiger partial charge is 0.495 e. The summed E-state index contributed by atoms with van der Waals surface area (Å²) >= 11 is 6.24. The van der Waals surface area contributed by atoms with Gasteiger partial charge in [-0.2, -0.15) is 5.26 Å². The summed E-state index contributed by atoms with van der Waals surface area (Å²) in [6.07, 6.45) is 0. The normalized spacial score (nSPS) is 10.9. The van der Waals surface area contributed by atoms with Gasteiger partial charge in [0.25, 0.3) is 0 Å². The average Bonchev–Trinajstić information content (AvgIpc) is 2.89. The van der Waals surface area contributed by atoms with E-state index in [1.54, 1.807) is 29.9 Å². The summed E-state index contributed by atoms with van der Waals surface area (Å²) in [6, 6.07) is 14.9. The maximum absolute atomic E-state index is 9.53. The van der Waals surface area contributed by atoms with Gasteiger partial charge in [-0.15, -0.1) is 0 Å². The van der Waals surface area contributed by atoms with Crippen LogP contribution in [0.3, 0.4) is 0 Å². The van der Waals surface area contributed by atoms with Gasteiger partial charge in [-0.05, 0) is 30.3 Å². The molecule has 7 heteroatoms. The van der Waals surface area contributed by atoms with Crippen molar-refractivity contribution in [2.75, 3.05) is 12.8 Å². The number of nitriles is 1.